The van der Waals surface area contributed by atoms with E-state index in [0.717, 1.165) is 31.0 Å². The van der Waals surface area contributed by atoms with E-state index in [9.17, 15) is 0 Å². The molecule has 2 heterocycles. The van der Waals surface area contributed by atoms with Crippen molar-refractivity contribution < 1.29 is 0 Å². The van der Waals surface area contributed by atoms with E-state index < -0.39 is 0 Å². The first kappa shape index (κ1) is 11.5. The lowest BCUT2D eigenvalue weighted by Gasteiger charge is -2.18. The van der Waals surface area contributed by atoms with Crippen LogP contribution in [-0.2, 0) is 19.4 Å². The second kappa shape index (κ2) is 4.60. The fraction of sp³-hybridized carbons (Fsp3) is 0.438. The summed E-state index contributed by atoms with van der Waals surface area (Å²) in [5.74, 6) is 2.03. The molecule has 1 aromatic heterocycles. The van der Waals surface area contributed by atoms with E-state index >= 15 is 0 Å². The molecule has 1 atom stereocenters. The molecule has 0 spiro atoms. The Hall–Kier alpha value is -1.57. The molecule has 0 saturated heterocycles. The van der Waals surface area contributed by atoms with Crippen LogP contribution >= 0.6 is 0 Å². The minimum absolute atomic E-state index is 0.773. The molecule has 0 amide bonds. The Morgan fingerprint density at radius 1 is 1.28 bits per heavy atom. The number of hydrogen-bond acceptors (Lipinski definition) is 1. The predicted molar refractivity (Wildman–Crippen MR) is 74.5 cm³/mol. The minimum Gasteiger partial charge on any atom is -0.334 e. The smallest absolute Gasteiger partial charge is 0.109 e. The van der Waals surface area contributed by atoms with Gasteiger partial charge < -0.3 is 4.57 Å². The second-order valence-electron chi connectivity index (χ2n) is 5.38. The molecule has 0 fully saturated rings. The Kier molecular flexibility index (Phi) is 2.94. The van der Waals surface area contributed by atoms with E-state index in [-0.39, 0.29) is 0 Å². The zero-order chi connectivity index (χ0) is 12.5. The summed E-state index contributed by atoms with van der Waals surface area (Å²) in [5.41, 5.74) is 3.75. The topological polar surface area (TPSA) is 17.8 Å². The molecule has 94 valence electrons. The molecule has 1 unspecified atom stereocenters. The lowest BCUT2D eigenvalue weighted by atomic mass is 10.0. The molecule has 18 heavy (non-hydrogen) atoms. The van der Waals surface area contributed by atoms with Crippen LogP contribution in [0.4, 0.5) is 0 Å². The standard InChI is InChI=1S/C16H20N2/c1-3-13-4-6-14(7-5-13)15-11-18-9-8-12(2)10-16(18)17-15/h4-7,11-12H,3,8-10H2,1-2H3. The Balaban J connectivity index is 1.92. The van der Waals surface area contributed by atoms with Crippen LogP contribution in [0.25, 0.3) is 11.3 Å². The monoisotopic (exact) mass is 240 g/mol. The van der Waals surface area contributed by atoms with Crippen molar-refractivity contribution in [3.8, 4) is 11.3 Å². The van der Waals surface area contributed by atoms with Crippen LogP contribution in [-0.4, -0.2) is 9.55 Å². The van der Waals surface area contributed by atoms with Gasteiger partial charge in [0.05, 0.1) is 5.69 Å². The molecule has 1 aromatic carbocycles. The van der Waals surface area contributed by atoms with Gasteiger partial charge in [0.1, 0.15) is 5.82 Å². The molecule has 0 radical (unpaired) electrons. The minimum atomic E-state index is 0.773. The van der Waals surface area contributed by atoms with E-state index in [1.54, 1.807) is 0 Å². The summed E-state index contributed by atoms with van der Waals surface area (Å²) in [6.07, 6.45) is 5.70. The van der Waals surface area contributed by atoms with Crippen LogP contribution in [0.15, 0.2) is 30.5 Å². The molecular weight excluding hydrogens is 220 g/mol. The Morgan fingerprint density at radius 3 is 2.78 bits per heavy atom. The van der Waals surface area contributed by atoms with E-state index in [2.05, 4.69) is 48.9 Å². The van der Waals surface area contributed by atoms with Crippen LogP contribution in [0.3, 0.4) is 0 Å². The van der Waals surface area contributed by atoms with Gasteiger partial charge in [-0.25, -0.2) is 4.98 Å². The second-order valence-corrected chi connectivity index (χ2v) is 5.38. The van der Waals surface area contributed by atoms with Gasteiger partial charge in [0, 0.05) is 24.7 Å². The van der Waals surface area contributed by atoms with Crippen molar-refractivity contribution in [2.24, 2.45) is 5.92 Å². The highest BCUT2D eigenvalue weighted by Gasteiger charge is 2.17. The maximum Gasteiger partial charge on any atom is 0.109 e. The Morgan fingerprint density at radius 2 is 2.06 bits per heavy atom. The molecule has 1 aliphatic heterocycles. The number of aryl methyl sites for hydroxylation is 2. The van der Waals surface area contributed by atoms with E-state index in [4.69, 9.17) is 4.98 Å². The van der Waals surface area contributed by atoms with E-state index in [1.165, 1.54) is 23.4 Å². The van der Waals surface area contributed by atoms with Crippen LogP contribution in [0.1, 0.15) is 31.7 Å². The average Bonchev–Trinajstić information content (AvgIpc) is 2.81. The van der Waals surface area contributed by atoms with Crippen molar-refractivity contribution in [3.05, 3.63) is 41.9 Å². The van der Waals surface area contributed by atoms with Gasteiger partial charge in [-0.15, -0.1) is 0 Å². The fourth-order valence-electron chi connectivity index (χ4n) is 2.63. The molecule has 0 saturated carbocycles. The average molecular weight is 240 g/mol. The van der Waals surface area contributed by atoms with Crippen molar-refractivity contribution in [1.29, 1.82) is 0 Å². The van der Waals surface area contributed by atoms with Crippen molar-refractivity contribution in [1.82, 2.24) is 9.55 Å². The van der Waals surface area contributed by atoms with E-state index in [0.29, 0.717) is 0 Å². The van der Waals surface area contributed by atoms with Crippen molar-refractivity contribution in [2.75, 3.05) is 0 Å². The molecular formula is C16H20N2. The number of benzene rings is 1. The van der Waals surface area contributed by atoms with Gasteiger partial charge in [-0.2, -0.15) is 0 Å². The van der Waals surface area contributed by atoms with Crippen molar-refractivity contribution >= 4 is 0 Å². The Labute approximate surface area is 109 Å². The van der Waals surface area contributed by atoms with Gasteiger partial charge in [-0.3, -0.25) is 0 Å². The SMILES string of the molecule is CCc1ccc(-c2cn3c(n2)CC(C)CC3)cc1. The predicted octanol–water partition coefficient (Wildman–Crippen LogP) is 3.69. The zero-order valence-corrected chi connectivity index (χ0v) is 11.2. The first-order chi connectivity index (χ1) is 8.76. The van der Waals surface area contributed by atoms with Crippen molar-refractivity contribution in [3.63, 3.8) is 0 Å². The van der Waals surface area contributed by atoms with Crippen LogP contribution in [0.2, 0.25) is 0 Å². The summed E-state index contributed by atoms with van der Waals surface area (Å²) in [6, 6.07) is 8.79. The molecule has 0 bridgehead atoms. The molecule has 3 rings (SSSR count). The van der Waals surface area contributed by atoms with Gasteiger partial charge in [-0.1, -0.05) is 38.1 Å². The summed E-state index contributed by atoms with van der Waals surface area (Å²) >= 11 is 0. The normalized spacial score (nSPS) is 18.7. The lowest BCUT2D eigenvalue weighted by Crippen LogP contribution is -2.16. The fourth-order valence-corrected chi connectivity index (χ4v) is 2.63. The summed E-state index contributed by atoms with van der Waals surface area (Å²) in [4.78, 5) is 4.79. The number of hydrogen-bond donors (Lipinski definition) is 0. The summed E-state index contributed by atoms with van der Waals surface area (Å²) in [5, 5.41) is 0. The maximum atomic E-state index is 4.79. The maximum absolute atomic E-state index is 4.79. The van der Waals surface area contributed by atoms with Crippen LogP contribution in [0, 0.1) is 5.92 Å². The van der Waals surface area contributed by atoms with Gasteiger partial charge in [0.25, 0.3) is 0 Å². The van der Waals surface area contributed by atoms with Gasteiger partial charge >= 0.3 is 0 Å². The van der Waals surface area contributed by atoms with Gasteiger partial charge in [0.2, 0.25) is 0 Å². The summed E-state index contributed by atoms with van der Waals surface area (Å²) in [7, 11) is 0. The molecule has 2 heteroatoms. The first-order valence-electron chi connectivity index (χ1n) is 6.91. The quantitative estimate of drug-likeness (QED) is 0.782. The van der Waals surface area contributed by atoms with Gasteiger partial charge in [0.15, 0.2) is 0 Å². The van der Waals surface area contributed by atoms with E-state index in [1.807, 2.05) is 0 Å². The molecule has 2 aromatic rings. The first-order valence-corrected chi connectivity index (χ1v) is 6.91. The zero-order valence-electron chi connectivity index (χ0n) is 11.2. The highest BCUT2D eigenvalue weighted by Crippen LogP contribution is 2.25. The lowest BCUT2D eigenvalue weighted by molar-refractivity contribution is 0.409. The molecule has 1 aliphatic rings. The summed E-state index contributed by atoms with van der Waals surface area (Å²) in [6.45, 7) is 5.62. The summed E-state index contributed by atoms with van der Waals surface area (Å²) < 4.78 is 2.32. The third-order valence-corrected chi connectivity index (χ3v) is 3.91. The van der Waals surface area contributed by atoms with Crippen molar-refractivity contribution in [2.45, 2.75) is 39.7 Å². The number of fused-ring (bicyclic) bond motifs is 1. The van der Waals surface area contributed by atoms with Gasteiger partial charge in [-0.05, 0) is 24.3 Å². The highest BCUT2D eigenvalue weighted by molar-refractivity contribution is 5.59. The molecule has 2 nitrogen and oxygen atoms in total. The third-order valence-electron chi connectivity index (χ3n) is 3.91. The third kappa shape index (κ3) is 2.07. The Bertz CT molecular complexity index is 537. The molecule has 0 N–H and O–H groups in total. The van der Waals surface area contributed by atoms with Crippen LogP contribution < -0.4 is 0 Å². The number of rotatable bonds is 2. The highest BCUT2D eigenvalue weighted by atomic mass is 15.1. The number of aromatic nitrogens is 2. The largest absolute Gasteiger partial charge is 0.334 e. The number of nitrogens with zero attached hydrogens (tertiary/aromatic N) is 2. The number of imidazole rings is 1. The molecule has 0 aliphatic carbocycles. The van der Waals surface area contributed by atoms with Crippen LogP contribution in [0.5, 0.6) is 0 Å².